The van der Waals surface area contributed by atoms with Crippen LogP contribution in [-0.4, -0.2) is 35.0 Å². The van der Waals surface area contributed by atoms with Gasteiger partial charge in [0.2, 0.25) is 5.91 Å². The number of aryl methyl sites for hydroxylation is 2. The zero-order chi connectivity index (χ0) is 18.6. The molecule has 0 aliphatic heterocycles. The normalized spacial score (nSPS) is 22.9. The Bertz CT molecular complexity index is 686. The molecule has 3 N–H and O–H groups in total. The van der Waals surface area contributed by atoms with Crippen LogP contribution in [0.1, 0.15) is 54.1 Å². The first-order valence-corrected chi connectivity index (χ1v) is 8.62. The number of nitrogens with one attached hydrogen (secondary N) is 2. The van der Waals surface area contributed by atoms with Gasteiger partial charge in [-0.1, -0.05) is 18.9 Å². The number of rotatable bonds is 5. The number of hydrogen-bond acceptors (Lipinski definition) is 3. The summed E-state index contributed by atoms with van der Waals surface area (Å²) in [6.45, 7) is 5.49. The molecule has 136 valence electrons. The number of hydrogen-bond donors (Lipinski definition) is 3. The SMILES string of the molecule is Cc1ccc(C(=O)NCC(=O)NC2(C)CCCCC2C(=O)O)cc1C. The Labute approximate surface area is 148 Å². The summed E-state index contributed by atoms with van der Waals surface area (Å²) in [5.41, 5.74) is 1.84. The molecule has 0 aromatic heterocycles. The van der Waals surface area contributed by atoms with E-state index < -0.39 is 17.4 Å². The Morgan fingerprint density at radius 3 is 2.56 bits per heavy atom. The smallest absolute Gasteiger partial charge is 0.308 e. The maximum absolute atomic E-state index is 12.2. The van der Waals surface area contributed by atoms with Crippen molar-refractivity contribution in [2.24, 2.45) is 5.92 Å². The van der Waals surface area contributed by atoms with E-state index in [4.69, 9.17) is 0 Å². The van der Waals surface area contributed by atoms with Gasteiger partial charge in [0.05, 0.1) is 18.0 Å². The lowest BCUT2D eigenvalue weighted by Crippen LogP contribution is -2.57. The van der Waals surface area contributed by atoms with Gasteiger partial charge in [0, 0.05) is 5.56 Å². The predicted octanol–water partition coefficient (Wildman–Crippen LogP) is 2.18. The Morgan fingerprint density at radius 2 is 1.92 bits per heavy atom. The van der Waals surface area contributed by atoms with Crippen LogP contribution >= 0.6 is 0 Å². The number of carbonyl (C=O) groups excluding carboxylic acids is 2. The highest BCUT2D eigenvalue weighted by molar-refractivity contribution is 5.96. The summed E-state index contributed by atoms with van der Waals surface area (Å²) in [5, 5.41) is 14.8. The summed E-state index contributed by atoms with van der Waals surface area (Å²) in [5.74, 6) is -2.17. The molecule has 2 atom stereocenters. The summed E-state index contributed by atoms with van der Waals surface area (Å²) in [6, 6.07) is 5.37. The zero-order valence-electron chi connectivity index (χ0n) is 15.0. The Balaban J connectivity index is 1.94. The number of carbonyl (C=O) groups is 3. The number of carboxylic acid groups (broad SMARTS) is 1. The first-order chi connectivity index (χ1) is 11.7. The summed E-state index contributed by atoms with van der Waals surface area (Å²) >= 11 is 0. The molecule has 0 spiro atoms. The van der Waals surface area contributed by atoms with E-state index in [1.54, 1.807) is 19.1 Å². The second kappa shape index (κ2) is 7.68. The summed E-state index contributed by atoms with van der Waals surface area (Å²) in [4.78, 5) is 35.8. The first-order valence-electron chi connectivity index (χ1n) is 8.62. The van der Waals surface area contributed by atoms with E-state index in [0.29, 0.717) is 18.4 Å². The van der Waals surface area contributed by atoms with Gasteiger partial charge in [0.15, 0.2) is 0 Å². The van der Waals surface area contributed by atoms with Crippen molar-refractivity contribution in [2.75, 3.05) is 6.54 Å². The van der Waals surface area contributed by atoms with E-state index in [1.807, 2.05) is 19.9 Å². The highest BCUT2D eigenvalue weighted by atomic mass is 16.4. The quantitative estimate of drug-likeness (QED) is 0.761. The van der Waals surface area contributed by atoms with Crippen LogP contribution in [0.15, 0.2) is 18.2 Å². The molecular weight excluding hydrogens is 320 g/mol. The molecule has 0 bridgehead atoms. The van der Waals surface area contributed by atoms with Gasteiger partial charge in [0.1, 0.15) is 0 Å². The van der Waals surface area contributed by atoms with E-state index in [1.165, 1.54) is 0 Å². The van der Waals surface area contributed by atoms with Crippen LogP contribution in [0.5, 0.6) is 0 Å². The minimum Gasteiger partial charge on any atom is -0.481 e. The molecule has 0 radical (unpaired) electrons. The molecular formula is C19H26N2O4. The van der Waals surface area contributed by atoms with Gasteiger partial charge < -0.3 is 15.7 Å². The van der Waals surface area contributed by atoms with Crippen molar-refractivity contribution in [1.29, 1.82) is 0 Å². The van der Waals surface area contributed by atoms with Gasteiger partial charge in [-0.25, -0.2) is 0 Å². The average molecular weight is 346 g/mol. The molecule has 1 fully saturated rings. The van der Waals surface area contributed by atoms with Gasteiger partial charge in [-0.3, -0.25) is 14.4 Å². The largest absolute Gasteiger partial charge is 0.481 e. The fourth-order valence-corrected chi connectivity index (χ4v) is 3.39. The molecule has 25 heavy (non-hydrogen) atoms. The molecule has 2 amide bonds. The number of aliphatic carboxylic acids is 1. The molecule has 1 aliphatic rings. The van der Waals surface area contributed by atoms with Crippen molar-refractivity contribution in [2.45, 2.75) is 52.0 Å². The lowest BCUT2D eigenvalue weighted by Gasteiger charge is -2.39. The molecule has 2 rings (SSSR count). The molecule has 0 heterocycles. The van der Waals surface area contributed by atoms with E-state index in [2.05, 4.69) is 10.6 Å². The second-order valence-electron chi connectivity index (χ2n) is 7.08. The van der Waals surface area contributed by atoms with Crippen LogP contribution in [-0.2, 0) is 9.59 Å². The molecule has 1 aromatic carbocycles. The average Bonchev–Trinajstić information content (AvgIpc) is 2.54. The molecule has 1 aliphatic carbocycles. The maximum atomic E-state index is 12.2. The van der Waals surface area contributed by atoms with E-state index >= 15 is 0 Å². The van der Waals surface area contributed by atoms with Crippen LogP contribution in [0.25, 0.3) is 0 Å². The van der Waals surface area contributed by atoms with Crippen LogP contribution in [0.2, 0.25) is 0 Å². The van der Waals surface area contributed by atoms with Crippen molar-refractivity contribution in [1.82, 2.24) is 10.6 Å². The highest BCUT2D eigenvalue weighted by Gasteiger charge is 2.42. The Kier molecular flexibility index (Phi) is 5.82. The standard InChI is InChI=1S/C19H26N2O4/c1-12-7-8-14(10-13(12)2)17(23)20-11-16(22)21-19(3)9-5-4-6-15(19)18(24)25/h7-8,10,15H,4-6,9,11H2,1-3H3,(H,20,23)(H,21,22)(H,24,25). The number of benzene rings is 1. The lowest BCUT2D eigenvalue weighted by molar-refractivity contribution is -0.146. The van der Waals surface area contributed by atoms with Crippen molar-refractivity contribution in [3.05, 3.63) is 34.9 Å². The van der Waals surface area contributed by atoms with Crippen LogP contribution < -0.4 is 10.6 Å². The number of carboxylic acids is 1. The minimum absolute atomic E-state index is 0.173. The van der Waals surface area contributed by atoms with Crippen molar-refractivity contribution >= 4 is 17.8 Å². The molecule has 6 heteroatoms. The minimum atomic E-state index is -0.887. The molecule has 2 unspecified atom stereocenters. The van der Waals surface area contributed by atoms with E-state index in [-0.39, 0.29) is 18.4 Å². The maximum Gasteiger partial charge on any atom is 0.308 e. The Morgan fingerprint density at radius 1 is 1.20 bits per heavy atom. The topological polar surface area (TPSA) is 95.5 Å². The fraction of sp³-hybridized carbons (Fsp3) is 0.526. The fourth-order valence-electron chi connectivity index (χ4n) is 3.39. The van der Waals surface area contributed by atoms with Gasteiger partial charge in [-0.2, -0.15) is 0 Å². The highest BCUT2D eigenvalue weighted by Crippen LogP contribution is 2.33. The third-order valence-electron chi connectivity index (χ3n) is 5.11. The lowest BCUT2D eigenvalue weighted by atomic mass is 9.74. The van der Waals surface area contributed by atoms with Crippen molar-refractivity contribution in [3.8, 4) is 0 Å². The molecule has 1 aromatic rings. The van der Waals surface area contributed by atoms with Gasteiger partial charge >= 0.3 is 5.97 Å². The molecule has 0 saturated heterocycles. The molecule has 6 nitrogen and oxygen atoms in total. The monoisotopic (exact) mass is 346 g/mol. The third-order valence-corrected chi connectivity index (χ3v) is 5.11. The van der Waals surface area contributed by atoms with E-state index in [0.717, 1.165) is 24.0 Å². The van der Waals surface area contributed by atoms with Gasteiger partial charge in [-0.05, 0) is 56.9 Å². The second-order valence-corrected chi connectivity index (χ2v) is 7.08. The third kappa shape index (κ3) is 4.59. The summed E-state index contributed by atoms with van der Waals surface area (Å²) in [7, 11) is 0. The van der Waals surface area contributed by atoms with Crippen LogP contribution in [0.3, 0.4) is 0 Å². The van der Waals surface area contributed by atoms with Crippen LogP contribution in [0.4, 0.5) is 0 Å². The summed E-state index contributed by atoms with van der Waals surface area (Å²) < 4.78 is 0. The van der Waals surface area contributed by atoms with Crippen molar-refractivity contribution < 1.29 is 19.5 Å². The zero-order valence-corrected chi connectivity index (χ0v) is 15.0. The summed E-state index contributed by atoms with van der Waals surface area (Å²) in [6.07, 6.45) is 2.92. The number of amides is 2. The van der Waals surface area contributed by atoms with E-state index in [9.17, 15) is 19.5 Å². The van der Waals surface area contributed by atoms with Crippen LogP contribution in [0, 0.1) is 19.8 Å². The predicted molar refractivity (Wildman–Crippen MR) is 94.4 cm³/mol. The van der Waals surface area contributed by atoms with Gasteiger partial charge in [-0.15, -0.1) is 0 Å². The Hall–Kier alpha value is -2.37. The van der Waals surface area contributed by atoms with Gasteiger partial charge in [0.25, 0.3) is 5.91 Å². The molecule has 1 saturated carbocycles. The van der Waals surface area contributed by atoms with Crippen molar-refractivity contribution in [3.63, 3.8) is 0 Å². The first kappa shape index (κ1) is 19.0.